The van der Waals surface area contributed by atoms with Gasteiger partial charge in [-0.05, 0) is 38.5 Å². The van der Waals surface area contributed by atoms with Crippen molar-refractivity contribution in [3.63, 3.8) is 0 Å². The Balaban J connectivity index is 3.47. The first-order valence-corrected chi connectivity index (χ1v) is 7.79. The molecule has 0 unspecified atom stereocenters. The predicted molar refractivity (Wildman–Crippen MR) is 80.4 cm³/mol. The lowest BCUT2D eigenvalue weighted by atomic mass is 10.2. The predicted octanol–water partition coefficient (Wildman–Crippen LogP) is 0.470. The number of methoxy groups -OCH3 is 1. The molecular weight excluding hydrogens is 294 g/mol. The van der Waals surface area contributed by atoms with Crippen molar-refractivity contribution in [2.45, 2.75) is 31.7 Å². The molecule has 21 heavy (non-hydrogen) atoms. The molecule has 1 aromatic carbocycles. The summed E-state index contributed by atoms with van der Waals surface area (Å²) in [5.74, 6) is -0.553. The maximum Gasteiger partial charge on any atom is 0.247 e. The molecule has 0 fully saturated rings. The van der Waals surface area contributed by atoms with Gasteiger partial charge in [-0.3, -0.25) is 4.79 Å². The smallest absolute Gasteiger partial charge is 0.247 e. The van der Waals surface area contributed by atoms with Gasteiger partial charge in [0.1, 0.15) is 10.6 Å². The van der Waals surface area contributed by atoms with Crippen LogP contribution in [0.5, 0.6) is 5.75 Å². The number of aryl methyl sites for hydroxylation is 1. The Morgan fingerprint density at radius 3 is 2.38 bits per heavy atom. The van der Waals surface area contributed by atoms with E-state index in [0.29, 0.717) is 11.3 Å². The van der Waals surface area contributed by atoms with Crippen LogP contribution in [0.4, 0.5) is 5.69 Å². The summed E-state index contributed by atoms with van der Waals surface area (Å²) in [6.45, 7) is 4.66. The number of ether oxygens (including phenoxy) is 1. The van der Waals surface area contributed by atoms with Crippen molar-refractivity contribution in [3.05, 3.63) is 17.7 Å². The standard InChI is InChI=1S/C13H21N3O4S/c1-8(2)16(7-13(15)17)21(18,19)12-6-10(14)9(3)5-11(12)20-4/h5-6,8H,7,14H2,1-4H3,(H2,15,17). The molecule has 0 aromatic heterocycles. The third-order valence-electron chi connectivity index (χ3n) is 3.03. The summed E-state index contributed by atoms with van der Waals surface area (Å²) in [5, 5.41) is 0. The first-order chi connectivity index (χ1) is 9.61. The highest BCUT2D eigenvalue weighted by atomic mass is 32.2. The number of benzene rings is 1. The van der Waals surface area contributed by atoms with Crippen LogP contribution in [0.15, 0.2) is 17.0 Å². The van der Waals surface area contributed by atoms with E-state index < -0.39 is 28.5 Å². The SMILES string of the molecule is COc1cc(C)c(N)cc1S(=O)(=O)N(CC(N)=O)C(C)C. The third kappa shape index (κ3) is 3.64. The lowest BCUT2D eigenvalue weighted by Crippen LogP contribution is -2.42. The van der Waals surface area contributed by atoms with E-state index in [-0.39, 0.29) is 10.6 Å². The number of rotatable bonds is 6. The third-order valence-corrected chi connectivity index (χ3v) is 5.07. The maximum atomic E-state index is 12.7. The van der Waals surface area contributed by atoms with Gasteiger partial charge in [0.15, 0.2) is 0 Å². The molecule has 0 atom stereocenters. The molecule has 0 saturated carbocycles. The Hall–Kier alpha value is -1.80. The minimum atomic E-state index is -3.95. The largest absolute Gasteiger partial charge is 0.495 e. The number of hydrogen-bond acceptors (Lipinski definition) is 5. The lowest BCUT2D eigenvalue weighted by molar-refractivity contribution is -0.118. The highest BCUT2D eigenvalue weighted by Crippen LogP contribution is 2.31. The minimum Gasteiger partial charge on any atom is -0.495 e. The number of carbonyl (C=O) groups is 1. The number of carbonyl (C=O) groups excluding carboxylic acids is 1. The molecule has 0 aliphatic rings. The number of nitrogen functional groups attached to an aromatic ring is 1. The molecule has 118 valence electrons. The number of amides is 1. The highest BCUT2D eigenvalue weighted by molar-refractivity contribution is 7.89. The fraction of sp³-hybridized carbons (Fsp3) is 0.462. The molecule has 0 radical (unpaired) electrons. The Morgan fingerprint density at radius 1 is 1.38 bits per heavy atom. The first kappa shape index (κ1) is 17.3. The highest BCUT2D eigenvalue weighted by Gasteiger charge is 2.31. The molecule has 4 N–H and O–H groups in total. The molecule has 1 amide bonds. The van der Waals surface area contributed by atoms with Crippen molar-refractivity contribution in [2.75, 3.05) is 19.4 Å². The maximum absolute atomic E-state index is 12.7. The number of anilines is 1. The van der Waals surface area contributed by atoms with Crippen LogP contribution in [0.1, 0.15) is 19.4 Å². The molecule has 1 rings (SSSR count). The molecule has 7 nitrogen and oxygen atoms in total. The van der Waals surface area contributed by atoms with Crippen LogP contribution in [0, 0.1) is 6.92 Å². The quantitative estimate of drug-likeness (QED) is 0.740. The van der Waals surface area contributed by atoms with E-state index >= 15 is 0 Å². The van der Waals surface area contributed by atoms with E-state index in [4.69, 9.17) is 16.2 Å². The molecule has 0 bridgehead atoms. The molecular formula is C13H21N3O4S. The summed E-state index contributed by atoms with van der Waals surface area (Å²) in [6, 6.07) is 2.44. The van der Waals surface area contributed by atoms with E-state index in [1.165, 1.54) is 13.2 Å². The van der Waals surface area contributed by atoms with Crippen molar-refractivity contribution in [1.82, 2.24) is 4.31 Å². The second-order valence-electron chi connectivity index (χ2n) is 4.97. The van der Waals surface area contributed by atoms with E-state index in [0.717, 1.165) is 4.31 Å². The van der Waals surface area contributed by atoms with Gasteiger partial charge in [-0.2, -0.15) is 4.31 Å². The van der Waals surface area contributed by atoms with Gasteiger partial charge >= 0.3 is 0 Å². The van der Waals surface area contributed by atoms with Crippen molar-refractivity contribution < 1.29 is 17.9 Å². The van der Waals surface area contributed by atoms with E-state index in [1.807, 2.05) is 0 Å². The van der Waals surface area contributed by atoms with Gasteiger partial charge < -0.3 is 16.2 Å². The fourth-order valence-corrected chi connectivity index (χ4v) is 3.64. The number of nitrogens with zero attached hydrogens (tertiary/aromatic N) is 1. The Kier molecular flexibility index (Phi) is 5.19. The van der Waals surface area contributed by atoms with Crippen molar-refractivity contribution in [2.24, 2.45) is 5.73 Å². The topological polar surface area (TPSA) is 116 Å². The number of sulfonamides is 1. The van der Waals surface area contributed by atoms with Crippen LogP contribution in [0.2, 0.25) is 0 Å². The van der Waals surface area contributed by atoms with Gasteiger partial charge in [0.2, 0.25) is 15.9 Å². The zero-order chi connectivity index (χ0) is 16.4. The van der Waals surface area contributed by atoms with Crippen molar-refractivity contribution in [1.29, 1.82) is 0 Å². The number of primary amides is 1. The van der Waals surface area contributed by atoms with Gasteiger partial charge in [0, 0.05) is 11.7 Å². The molecule has 0 aliphatic carbocycles. The summed E-state index contributed by atoms with van der Waals surface area (Å²) in [4.78, 5) is 11.0. The van der Waals surface area contributed by atoms with Gasteiger partial charge in [0.25, 0.3) is 0 Å². The second kappa shape index (κ2) is 6.31. The average molecular weight is 315 g/mol. The van der Waals surface area contributed by atoms with E-state index in [2.05, 4.69) is 0 Å². The van der Waals surface area contributed by atoms with Crippen LogP contribution in [-0.2, 0) is 14.8 Å². The van der Waals surface area contributed by atoms with Crippen LogP contribution >= 0.6 is 0 Å². The van der Waals surface area contributed by atoms with E-state index in [9.17, 15) is 13.2 Å². The van der Waals surface area contributed by atoms with Crippen molar-refractivity contribution >= 4 is 21.6 Å². The van der Waals surface area contributed by atoms with E-state index in [1.54, 1.807) is 26.8 Å². The summed E-state index contributed by atoms with van der Waals surface area (Å²) in [6.07, 6.45) is 0. The number of nitrogens with two attached hydrogens (primary N) is 2. The van der Waals surface area contributed by atoms with Crippen LogP contribution in [0.3, 0.4) is 0 Å². The molecule has 0 saturated heterocycles. The first-order valence-electron chi connectivity index (χ1n) is 6.35. The summed E-state index contributed by atoms with van der Waals surface area (Å²) in [5.41, 5.74) is 12.0. The molecule has 1 aromatic rings. The Bertz CT molecular complexity index is 641. The van der Waals surface area contributed by atoms with Gasteiger partial charge in [-0.25, -0.2) is 8.42 Å². The lowest BCUT2D eigenvalue weighted by Gasteiger charge is -2.25. The molecule has 0 spiro atoms. The van der Waals surface area contributed by atoms with Gasteiger partial charge in [-0.15, -0.1) is 0 Å². The van der Waals surface area contributed by atoms with Crippen molar-refractivity contribution in [3.8, 4) is 5.75 Å². The monoisotopic (exact) mass is 315 g/mol. The Morgan fingerprint density at radius 2 is 1.95 bits per heavy atom. The van der Waals surface area contributed by atoms with Gasteiger partial charge in [-0.1, -0.05) is 0 Å². The molecule has 0 aliphatic heterocycles. The molecule has 8 heteroatoms. The summed E-state index contributed by atoms with van der Waals surface area (Å²) < 4.78 is 31.6. The molecule has 0 heterocycles. The summed E-state index contributed by atoms with van der Waals surface area (Å²) in [7, 11) is -2.58. The number of hydrogen-bond donors (Lipinski definition) is 2. The normalized spacial score (nSPS) is 11.9. The zero-order valence-electron chi connectivity index (χ0n) is 12.6. The van der Waals surface area contributed by atoms with Crippen LogP contribution in [0.25, 0.3) is 0 Å². The average Bonchev–Trinajstić information content (AvgIpc) is 2.37. The zero-order valence-corrected chi connectivity index (χ0v) is 13.4. The second-order valence-corrected chi connectivity index (χ2v) is 6.83. The van der Waals surface area contributed by atoms with Crippen LogP contribution < -0.4 is 16.2 Å². The fourth-order valence-electron chi connectivity index (χ4n) is 1.86. The summed E-state index contributed by atoms with van der Waals surface area (Å²) >= 11 is 0. The van der Waals surface area contributed by atoms with Gasteiger partial charge in [0.05, 0.1) is 13.7 Å². The minimum absolute atomic E-state index is 0.0805. The Labute approximate surface area is 124 Å². The van der Waals surface area contributed by atoms with Crippen LogP contribution in [-0.4, -0.2) is 38.3 Å².